The number of benzene rings is 2. The minimum Gasteiger partial charge on any atom is -0.481 e. The summed E-state index contributed by atoms with van der Waals surface area (Å²) in [5.41, 5.74) is 1.06. The van der Waals surface area contributed by atoms with Crippen molar-refractivity contribution in [3.05, 3.63) is 65.2 Å². The maximum absolute atomic E-state index is 12.1. The molecule has 1 amide bonds. The van der Waals surface area contributed by atoms with E-state index >= 15 is 0 Å². The van der Waals surface area contributed by atoms with Gasteiger partial charge in [-0.25, -0.2) is 0 Å². The Bertz CT molecular complexity index is 583. The third-order valence-corrected chi connectivity index (χ3v) is 3.41. The van der Waals surface area contributed by atoms with Crippen LogP contribution in [0, 0.1) is 0 Å². The lowest BCUT2D eigenvalue weighted by molar-refractivity contribution is -0.127. The standard InChI is InChI=1S/C17H18ClNO2/c1-12(14-6-4-3-5-7-14)19-17(20)13(2)21-16-10-8-15(18)9-11-16/h3-13H,1-2H3,(H,19,20). The smallest absolute Gasteiger partial charge is 0.261 e. The van der Waals surface area contributed by atoms with E-state index in [0.29, 0.717) is 10.8 Å². The number of carbonyl (C=O) groups is 1. The average molecular weight is 304 g/mol. The summed E-state index contributed by atoms with van der Waals surface area (Å²) in [5.74, 6) is 0.468. The Labute approximate surface area is 129 Å². The minimum absolute atomic E-state index is 0.0602. The first-order chi connectivity index (χ1) is 10.1. The number of nitrogens with one attached hydrogen (secondary N) is 1. The molecule has 0 saturated heterocycles. The highest BCUT2D eigenvalue weighted by Gasteiger charge is 2.17. The molecule has 4 heteroatoms. The van der Waals surface area contributed by atoms with E-state index in [2.05, 4.69) is 5.32 Å². The van der Waals surface area contributed by atoms with Gasteiger partial charge in [0.25, 0.3) is 5.91 Å². The van der Waals surface area contributed by atoms with Crippen LogP contribution in [0.2, 0.25) is 5.02 Å². The number of rotatable bonds is 5. The Morgan fingerprint density at radius 2 is 1.67 bits per heavy atom. The summed E-state index contributed by atoms with van der Waals surface area (Å²) in [6.07, 6.45) is -0.572. The summed E-state index contributed by atoms with van der Waals surface area (Å²) in [7, 11) is 0. The summed E-state index contributed by atoms with van der Waals surface area (Å²) in [6, 6.07) is 16.7. The van der Waals surface area contributed by atoms with Crippen LogP contribution in [0.25, 0.3) is 0 Å². The summed E-state index contributed by atoms with van der Waals surface area (Å²) < 4.78 is 5.60. The number of carbonyl (C=O) groups excluding carboxylic acids is 1. The molecule has 0 saturated carbocycles. The molecule has 2 aromatic rings. The van der Waals surface area contributed by atoms with Gasteiger partial charge in [0.15, 0.2) is 6.10 Å². The Balaban J connectivity index is 1.92. The minimum atomic E-state index is -0.572. The molecule has 21 heavy (non-hydrogen) atoms. The third-order valence-electron chi connectivity index (χ3n) is 3.15. The Morgan fingerprint density at radius 3 is 2.29 bits per heavy atom. The van der Waals surface area contributed by atoms with Crippen LogP contribution in [-0.4, -0.2) is 12.0 Å². The lowest BCUT2D eigenvalue weighted by Gasteiger charge is -2.19. The predicted octanol–water partition coefficient (Wildman–Crippen LogP) is 3.98. The highest BCUT2D eigenvalue weighted by atomic mass is 35.5. The molecule has 0 aliphatic carbocycles. The zero-order valence-electron chi connectivity index (χ0n) is 12.0. The van der Waals surface area contributed by atoms with Crippen molar-refractivity contribution in [1.82, 2.24) is 5.32 Å². The third kappa shape index (κ3) is 4.50. The second-order valence-electron chi connectivity index (χ2n) is 4.85. The molecule has 0 bridgehead atoms. The maximum Gasteiger partial charge on any atom is 0.261 e. The number of hydrogen-bond donors (Lipinski definition) is 1. The highest BCUT2D eigenvalue weighted by molar-refractivity contribution is 6.30. The maximum atomic E-state index is 12.1. The largest absolute Gasteiger partial charge is 0.481 e. The van der Waals surface area contributed by atoms with E-state index in [9.17, 15) is 4.79 Å². The van der Waals surface area contributed by atoms with Gasteiger partial charge in [0.2, 0.25) is 0 Å². The Morgan fingerprint density at radius 1 is 1.05 bits per heavy atom. The van der Waals surface area contributed by atoms with Crippen LogP contribution in [0.3, 0.4) is 0 Å². The fourth-order valence-electron chi connectivity index (χ4n) is 1.93. The second-order valence-corrected chi connectivity index (χ2v) is 5.29. The van der Waals surface area contributed by atoms with Crippen molar-refractivity contribution in [1.29, 1.82) is 0 Å². The Hall–Kier alpha value is -2.00. The van der Waals surface area contributed by atoms with E-state index in [1.165, 1.54) is 0 Å². The molecule has 2 atom stereocenters. The molecule has 2 unspecified atom stereocenters. The van der Waals surface area contributed by atoms with E-state index in [1.54, 1.807) is 31.2 Å². The van der Waals surface area contributed by atoms with Crippen LogP contribution < -0.4 is 10.1 Å². The molecule has 0 fully saturated rings. The molecule has 0 aliphatic heterocycles. The molecule has 2 rings (SSSR count). The number of halogens is 1. The fourth-order valence-corrected chi connectivity index (χ4v) is 2.05. The highest BCUT2D eigenvalue weighted by Crippen LogP contribution is 2.17. The molecule has 110 valence electrons. The van der Waals surface area contributed by atoms with Gasteiger partial charge in [0.05, 0.1) is 6.04 Å². The lowest BCUT2D eigenvalue weighted by Crippen LogP contribution is -2.37. The van der Waals surface area contributed by atoms with E-state index in [0.717, 1.165) is 5.56 Å². The van der Waals surface area contributed by atoms with Gasteiger partial charge < -0.3 is 10.1 Å². The van der Waals surface area contributed by atoms with Crippen LogP contribution >= 0.6 is 11.6 Å². The average Bonchev–Trinajstić information content (AvgIpc) is 2.50. The first kappa shape index (κ1) is 15.4. The topological polar surface area (TPSA) is 38.3 Å². The molecule has 0 radical (unpaired) electrons. The number of ether oxygens (including phenoxy) is 1. The van der Waals surface area contributed by atoms with Crippen molar-refractivity contribution in [2.24, 2.45) is 0 Å². The van der Waals surface area contributed by atoms with Crippen molar-refractivity contribution >= 4 is 17.5 Å². The van der Waals surface area contributed by atoms with Crippen LogP contribution in [0.4, 0.5) is 0 Å². The van der Waals surface area contributed by atoms with Crippen molar-refractivity contribution in [2.45, 2.75) is 26.0 Å². The molecule has 1 N–H and O–H groups in total. The molecular formula is C17H18ClNO2. The van der Waals surface area contributed by atoms with Gasteiger partial charge in [-0.1, -0.05) is 41.9 Å². The van der Waals surface area contributed by atoms with Crippen molar-refractivity contribution in [3.8, 4) is 5.75 Å². The monoisotopic (exact) mass is 303 g/mol. The molecule has 0 aromatic heterocycles. The van der Waals surface area contributed by atoms with E-state index < -0.39 is 6.10 Å². The molecule has 3 nitrogen and oxygen atoms in total. The zero-order chi connectivity index (χ0) is 15.2. The van der Waals surface area contributed by atoms with Crippen molar-refractivity contribution in [2.75, 3.05) is 0 Å². The molecular weight excluding hydrogens is 286 g/mol. The second kappa shape index (κ2) is 7.14. The molecule has 0 spiro atoms. The normalized spacial score (nSPS) is 13.3. The summed E-state index contributed by atoms with van der Waals surface area (Å²) in [4.78, 5) is 12.1. The van der Waals surface area contributed by atoms with E-state index in [1.807, 2.05) is 37.3 Å². The number of amides is 1. The molecule has 2 aromatic carbocycles. The van der Waals surface area contributed by atoms with Gasteiger partial charge in [-0.3, -0.25) is 4.79 Å². The first-order valence-electron chi connectivity index (χ1n) is 6.84. The first-order valence-corrected chi connectivity index (χ1v) is 7.21. The van der Waals surface area contributed by atoms with E-state index in [-0.39, 0.29) is 11.9 Å². The SMILES string of the molecule is CC(Oc1ccc(Cl)cc1)C(=O)NC(C)c1ccccc1. The molecule has 0 aliphatic rings. The fraction of sp³-hybridized carbons (Fsp3) is 0.235. The quantitative estimate of drug-likeness (QED) is 0.907. The number of hydrogen-bond acceptors (Lipinski definition) is 2. The zero-order valence-corrected chi connectivity index (χ0v) is 12.8. The van der Waals surface area contributed by atoms with Gasteiger partial charge in [-0.15, -0.1) is 0 Å². The van der Waals surface area contributed by atoms with Crippen LogP contribution in [0.5, 0.6) is 5.75 Å². The van der Waals surface area contributed by atoms with E-state index in [4.69, 9.17) is 16.3 Å². The van der Waals surface area contributed by atoms with Gasteiger partial charge in [0, 0.05) is 5.02 Å². The Kier molecular flexibility index (Phi) is 5.23. The van der Waals surface area contributed by atoms with Gasteiger partial charge in [0.1, 0.15) is 5.75 Å². The van der Waals surface area contributed by atoms with Crippen LogP contribution in [0.15, 0.2) is 54.6 Å². The summed E-state index contributed by atoms with van der Waals surface area (Å²) >= 11 is 5.81. The van der Waals surface area contributed by atoms with Crippen LogP contribution in [-0.2, 0) is 4.79 Å². The predicted molar refractivity (Wildman–Crippen MR) is 84.5 cm³/mol. The summed E-state index contributed by atoms with van der Waals surface area (Å²) in [5, 5.41) is 3.57. The summed E-state index contributed by atoms with van der Waals surface area (Å²) in [6.45, 7) is 3.67. The molecule has 0 heterocycles. The van der Waals surface area contributed by atoms with Gasteiger partial charge in [-0.2, -0.15) is 0 Å². The van der Waals surface area contributed by atoms with Gasteiger partial charge in [-0.05, 0) is 43.7 Å². The van der Waals surface area contributed by atoms with Crippen molar-refractivity contribution in [3.63, 3.8) is 0 Å². The van der Waals surface area contributed by atoms with Crippen molar-refractivity contribution < 1.29 is 9.53 Å². The van der Waals surface area contributed by atoms with Gasteiger partial charge >= 0.3 is 0 Å². The van der Waals surface area contributed by atoms with Crippen LogP contribution in [0.1, 0.15) is 25.5 Å². The lowest BCUT2D eigenvalue weighted by atomic mass is 10.1.